The van der Waals surface area contributed by atoms with E-state index in [1.54, 1.807) is 6.20 Å². The van der Waals surface area contributed by atoms with Crippen LogP contribution in [0.15, 0.2) is 59.5 Å². The van der Waals surface area contributed by atoms with Gasteiger partial charge in [-0.15, -0.1) is 0 Å². The van der Waals surface area contributed by atoms with Gasteiger partial charge in [-0.25, -0.2) is 4.98 Å². The Hall–Kier alpha value is -3.22. The lowest BCUT2D eigenvalue weighted by atomic mass is 9.97. The van der Waals surface area contributed by atoms with Crippen LogP contribution in [-0.2, 0) is 4.79 Å². The third-order valence-electron chi connectivity index (χ3n) is 4.53. The molecule has 1 unspecified atom stereocenters. The number of amides is 1. The number of carbonyl (C=O) groups is 1. The molecule has 1 fully saturated rings. The molecule has 3 heterocycles. The summed E-state index contributed by atoms with van der Waals surface area (Å²) < 4.78 is 5.03. The summed E-state index contributed by atoms with van der Waals surface area (Å²) in [6.45, 7) is 1.61. The molecule has 0 spiro atoms. The average Bonchev–Trinajstić information content (AvgIpc) is 3.24. The highest BCUT2D eigenvalue weighted by molar-refractivity contribution is 5.93. The summed E-state index contributed by atoms with van der Waals surface area (Å²) in [5, 5.41) is 6.60. The average molecular weight is 349 g/mol. The largest absolute Gasteiger partial charge is 0.356 e. The third kappa shape index (κ3) is 3.56. The molecule has 1 saturated heterocycles. The first-order chi connectivity index (χ1) is 12.8. The Morgan fingerprint density at radius 3 is 2.77 bits per heavy atom. The van der Waals surface area contributed by atoms with Gasteiger partial charge in [0.1, 0.15) is 5.82 Å². The predicted octanol–water partition coefficient (Wildman–Crippen LogP) is 2.99. The van der Waals surface area contributed by atoms with Crippen molar-refractivity contribution in [3.05, 3.63) is 55.0 Å². The molecule has 7 nitrogen and oxygen atoms in total. The fourth-order valence-electron chi connectivity index (χ4n) is 3.18. The topological polar surface area (TPSA) is 84.2 Å². The molecule has 0 bridgehead atoms. The molecule has 3 aromatic rings. The Balaban J connectivity index is 1.40. The molecule has 4 rings (SSSR count). The molecule has 0 saturated carbocycles. The number of rotatable bonds is 4. The number of carbonyl (C=O) groups excluding carboxylic acids is 1. The second-order valence-electron chi connectivity index (χ2n) is 6.29. The van der Waals surface area contributed by atoms with E-state index in [0.29, 0.717) is 12.4 Å². The van der Waals surface area contributed by atoms with Crippen LogP contribution in [0.2, 0.25) is 0 Å². The Bertz CT molecular complexity index is 849. The standard InChI is InChI=1S/C19H19N5O2/c25-18(15-4-3-11-24(12-15)17-5-1-2-10-20-17)23-16-8-6-14(7-9-16)19-21-13-22-26-19/h1-2,5-10,13,15H,3-4,11-12H2,(H,23,25). The van der Waals surface area contributed by atoms with Crippen LogP contribution in [0, 0.1) is 5.92 Å². The van der Waals surface area contributed by atoms with E-state index in [9.17, 15) is 4.79 Å². The molecule has 26 heavy (non-hydrogen) atoms. The Labute approximate surface area is 151 Å². The SMILES string of the molecule is O=C(Nc1ccc(-c2ncno2)cc1)C1CCCN(c2ccccn2)C1. The minimum atomic E-state index is -0.0543. The molecule has 2 aromatic heterocycles. The molecule has 0 aliphatic carbocycles. The monoisotopic (exact) mass is 349 g/mol. The van der Waals surface area contributed by atoms with Crippen LogP contribution in [0.25, 0.3) is 11.5 Å². The summed E-state index contributed by atoms with van der Waals surface area (Å²) >= 11 is 0. The number of piperidine rings is 1. The van der Waals surface area contributed by atoms with E-state index in [0.717, 1.165) is 36.5 Å². The lowest BCUT2D eigenvalue weighted by Gasteiger charge is -2.32. The third-order valence-corrected chi connectivity index (χ3v) is 4.53. The maximum absolute atomic E-state index is 12.7. The molecule has 0 radical (unpaired) electrons. The van der Waals surface area contributed by atoms with Crippen molar-refractivity contribution < 1.29 is 9.32 Å². The van der Waals surface area contributed by atoms with Crippen molar-refractivity contribution in [2.75, 3.05) is 23.3 Å². The summed E-state index contributed by atoms with van der Waals surface area (Å²) in [5.74, 6) is 1.37. The summed E-state index contributed by atoms with van der Waals surface area (Å²) in [6.07, 6.45) is 5.01. The smallest absolute Gasteiger partial charge is 0.257 e. The fraction of sp³-hybridized carbons (Fsp3) is 0.263. The number of benzene rings is 1. The van der Waals surface area contributed by atoms with Gasteiger partial charge in [0.15, 0.2) is 6.33 Å². The molecule has 7 heteroatoms. The summed E-state index contributed by atoms with van der Waals surface area (Å²) in [5.41, 5.74) is 1.58. The number of nitrogens with one attached hydrogen (secondary N) is 1. The van der Waals surface area contributed by atoms with Crippen LogP contribution >= 0.6 is 0 Å². The van der Waals surface area contributed by atoms with E-state index >= 15 is 0 Å². The normalized spacial score (nSPS) is 17.1. The van der Waals surface area contributed by atoms with E-state index in [1.165, 1.54) is 6.33 Å². The van der Waals surface area contributed by atoms with Gasteiger partial charge in [-0.05, 0) is 49.2 Å². The molecular weight excluding hydrogens is 330 g/mol. The highest BCUT2D eigenvalue weighted by atomic mass is 16.5. The minimum absolute atomic E-state index is 0.0381. The van der Waals surface area contributed by atoms with E-state index in [-0.39, 0.29) is 11.8 Å². The van der Waals surface area contributed by atoms with Gasteiger partial charge in [0.25, 0.3) is 5.89 Å². The Morgan fingerprint density at radius 1 is 1.15 bits per heavy atom. The van der Waals surface area contributed by atoms with E-state index in [1.807, 2.05) is 42.5 Å². The zero-order chi connectivity index (χ0) is 17.8. The van der Waals surface area contributed by atoms with Crippen molar-refractivity contribution in [3.8, 4) is 11.5 Å². The first-order valence-corrected chi connectivity index (χ1v) is 8.63. The zero-order valence-corrected chi connectivity index (χ0v) is 14.2. The predicted molar refractivity (Wildman–Crippen MR) is 97.5 cm³/mol. The van der Waals surface area contributed by atoms with E-state index in [4.69, 9.17) is 4.52 Å². The summed E-state index contributed by atoms with van der Waals surface area (Å²) in [4.78, 5) is 23.2. The first-order valence-electron chi connectivity index (χ1n) is 8.63. The maximum atomic E-state index is 12.7. The number of aromatic nitrogens is 3. The lowest BCUT2D eigenvalue weighted by molar-refractivity contribution is -0.120. The van der Waals surface area contributed by atoms with Crippen LogP contribution in [0.5, 0.6) is 0 Å². The molecule has 1 aliphatic rings. The summed E-state index contributed by atoms with van der Waals surface area (Å²) in [6, 6.07) is 13.2. The van der Waals surface area contributed by atoms with Crippen molar-refractivity contribution in [2.45, 2.75) is 12.8 Å². The van der Waals surface area contributed by atoms with Crippen LogP contribution < -0.4 is 10.2 Å². The van der Waals surface area contributed by atoms with Crippen molar-refractivity contribution in [1.29, 1.82) is 0 Å². The van der Waals surface area contributed by atoms with Gasteiger partial charge in [0.2, 0.25) is 5.91 Å². The number of nitrogens with zero attached hydrogens (tertiary/aromatic N) is 4. The van der Waals surface area contributed by atoms with Crippen LogP contribution in [0.3, 0.4) is 0 Å². The van der Waals surface area contributed by atoms with E-state index < -0.39 is 0 Å². The van der Waals surface area contributed by atoms with Gasteiger partial charge in [0, 0.05) is 30.5 Å². The lowest BCUT2D eigenvalue weighted by Crippen LogP contribution is -2.41. The second-order valence-corrected chi connectivity index (χ2v) is 6.29. The maximum Gasteiger partial charge on any atom is 0.257 e. The van der Waals surface area contributed by atoms with Gasteiger partial charge < -0.3 is 14.7 Å². The second kappa shape index (κ2) is 7.35. The van der Waals surface area contributed by atoms with Gasteiger partial charge in [-0.1, -0.05) is 11.2 Å². The van der Waals surface area contributed by atoms with Crippen LogP contribution in [-0.4, -0.2) is 34.1 Å². The van der Waals surface area contributed by atoms with Crippen molar-refractivity contribution in [1.82, 2.24) is 15.1 Å². The first kappa shape index (κ1) is 16.3. The highest BCUT2D eigenvalue weighted by Crippen LogP contribution is 2.23. The molecule has 1 amide bonds. The summed E-state index contributed by atoms with van der Waals surface area (Å²) in [7, 11) is 0. The molecule has 1 atom stereocenters. The number of hydrogen-bond acceptors (Lipinski definition) is 6. The van der Waals surface area contributed by atoms with Gasteiger partial charge >= 0.3 is 0 Å². The van der Waals surface area contributed by atoms with Crippen molar-refractivity contribution in [3.63, 3.8) is 0 Å². The van der Waals surface area contributed by atoms with Gasteiger partial charge in [-0.2, -0.15) is 4.98 Å². The Morgan fingerprint density at radius 2 is 2.04 bits per heavy atom. The number of anilines is 2. The van der Waals surface area contributed by atoms with E-state index in [2.05, 4.69) is 25.3 Å². The number of pyridine rings is 1. The van der Waals surface area contributed by atoms with Crippen molar-refractivity contribution >= 4 is 17.4 Å². The zero-order valence-electron chi connectivity index (χ0n) is 14.2. The Kier molecular flexibility index (Phi) is 4.59. The highest BCUT2D eigenvalue weighted by Gasteiger charge is 2.26. The quantitative estimate of drug-likeness (QED) is 0.779. The molecule has 1 aromatic carbocycles. The minimum Gasteiger partial charge on any atom is -0.356 e. The fourth-order valence-corrected chi connectivity index (χ4v) is 3.18. The molecule has 1 N–H and O–H groups in total. The van der Waals surface area contributed by atoms with Crippen molar-refractivity contribution in [2.24, 2.45) is 5.92 Å². The molecular formula is C19H19N5O2. The van der Waals surface area contributed by atoms with Gasteiger partial charge in [-0.3, -0.25) is 4.79 Å². The van der Waals surface area contributed by atoms with Crippen LogP contribution in [0.1, 0.15) is 12.8 Å². The molecule has 132 valence electrons. The molecule has 1 aliphatic heterocycles. The van der Waals surface area contributed by atoms with Gasteiger partial charge in [0.05, 0.1) is 5.92 Å². The van der Waals surface area contributed by atoms with Crippen LogP contribution in [0.4, 0.5) is 11.5 Å². The number of hydrogen-bond donors (Lipinski definition) is 1.